The molecule has 0 aliphatic heterocycles. The van der Waals surface area contributed by atoms with E-state index in [4.69, 9.17) is 17.4 Å². The Morgan fingerprint density at radius 3 is 2.80 bits per heavy atom. The van der Waals surface area contributed by atoms with Crippen LogP contribution in [0.25, 0.3) is 0 Å². The summed E-state index contributed by atoms with van der Waals surface area (Å²) in [7, 11) is -3.62. The summed E-state index contributed by atoms with van der Waals surface area (Å²) < 4.78 is 26.9. The molecule has 0 aliphatic rings. The zero-order chi connectivity index (χ0) is 15.2. The molecular weight excluding hydrogens is 320 g/mol. The summed E-state index contributed by atoms with van der Waals surface area (Å²) >= 11 is 7.65. The van der Waals surface area contributed by atoms with E-state index in [9.17, 15) is 8.42 Å². The van der Waals surface area contributed by atoms with Gasteiger partial charge in [0.25, 0.3) is 0 Å². The van der Waals surface area contributed by atoms with Crippen LogP contribution in [0.2, 0.25) is 5.02 Å². The minimum atomic E-state index is -3.62. The Labute approximate surface area is 128 Å². The van der Waals surface area contributed by atoms with Gasteiger partial charge in [0.2, 0.25) is 10.0 Å². The van der Waals surface area contributed by atoms with E-state index in [0.717, 1.165) is 17.9 Å². The lowest BCUT2D eigenvalue weighted by Gasteiger charge is -2.14. The molecular formula is C11H19ClN4O2S2. The quantitative estimate of drug-likeness (QED) is 0.380. The molecule has 1 heterocycles. The molecule has 1 unspecified atom stereocenters. The SMILES string of the molecule is CCSCCC(C)NS(=O)(=O)c1cnc(NN)c(Cl)c1. The Morgan fingerprint density at radius 2 is 2.25 bits per heavy atom. The molecule has 1 aromatic heterocycles. The molecule has 9 heteroatoms. The lowest BCUT2D eigenvalue weighted by molar-refractivity contribution is 0.556. The van der Waals surface area contributed by atoms with Crippen molar-refractivity contribution in [3.05, 3.63) is 17.3 Å². The average Bonchev–Trinajstić information content (AvgIpc) is 2.38. The zero-order valence-electron chi connectivity index (χ0n) is 11.4. The van der Waals surface area contributed by atoms with Crippen molar-refractivity contribution in [3.63, 3.8) is 0 Å². The summed E-state index contributed by atoms with van der Waals surface area (Å²) in [6.07, 6.45) is 1.98. The first-order valence-electron chi connectivity index (χ1n) is 6.13. The summed E-state index contributed by atoms with van der Waals surface area (Å²) in [6, 6.07) is 1.17. The number of pyridine rings is 1. The highest BCUT2D eigenvalue weighted by molar-refractivity contribution is 7.99. The predicted octanol–water partition coefficient (Wildman–Crippen LogP) is 1.83. The van der Waals surface area contributed by atoms with Crippen LogP contribution in [0.5, 0.6) is 0 Å². The summed E-state index contributed by atoms with van der Waals surface area (Å²) in [4.78, 5) is 3.88. The number of sulfonamides is 1. The lowest BCUT2D eigenvalue weighted by atomic mass is 10.3. The first-order valence-corrected chi connectivity index (χ1v) is 9.14. The Hall–Kier alpha value is -0.540. The van der Waals surface area contributed by atoms with E-state index < -0.39 is 10.0 Å². The molecule has 0 spiro atoms. The maximum absolute atomic E-state index is 12.2. The number of nitrogens with two attached hydrogens (primary N) is 1. The first kappa shape index (κ1) is 17.5. The van der Waals surface area contributed by atoms with Crippen molar-refractivity contribution in [3.8, 4) is 0 Å². The topological polar surface area (TPSA) is 97.1 Å². The summed E-state index contributed by atoms with van der Waals surface area (Å²) in [5.41, 5.74) is 2.29. The van der Waals surface area contributed by atoms with E-state index in [0.29, 0.717) is 0 Å². The molecule has 4 N–H and O–H groups in total. The molecule has 0 amide bonds. The van der Waals surface area contributed by atoms with Crippen molar-refractivity contribution in [1.29, 1.82) is 0 Å². The van der Waals surface area contributed by atoms with Crippen LogP contribution in [0, 0.1) is 0 Å². The molecule has 1 aromatic rings. The minimum Gasteiger partial charge on any atom is -0.307 e. The Morgan fingerprint density at radius 1 is 1.55 bits per heavy atom. The molecule has 0 radical (unpaired) electrons. The molecule has 1 atom stereocenters. The maximum atomic E-state index is 12.2. The fourth-order valence-electron chi connectivity index (χ4n) is 1.47. The molecule has 6 nitrogen and oxygen atoms in total. The summed E-state index contributed by atoms with van der Waals surface area (Å²) in [5, 5.41) is 0.157. The van der Waals surface area contributed by atoms with Gasteiger partial charge >= 0.3 is 0 Å². The first-order chi connectivity index (χ1) is 9.40. The number of aromatic nitrogens is 1. The van der Waals surface area contributed by atoms with Gasteiger partial charge in [0.15, 0.2) is 5.82 Å². The van der Waals surface area contributed by atoms with E-state index in [1.807, 2.05) is 6.92 Å². The van der Waals surface area contributed by atoms with Crippen molar-refractivity contribution in [1.82, 2.24) is 9.71 Å². The van der Waals surface area contributed by atoms with E-state index in [1.54, 1.807) is 11.8 Å². The average molecular weight is 339 g/mol. The molecule has 0 fully saturated rings. The van der Waals surface area contributed by atoms with Crippen LogP contribution in [0.3, 0.4) is 0 Å². The number of hydrogen-bond donors (Lipinski definition) is 3. The normalized spacial score (nSPS) is 13.2. The van der Waals surface area contributed by atoms with E-state index in [-0.39, 0.29) is 21.8 Å². The molecule has 20 heavy (non-hydrogen) atoms. The molecule has 1 rings (SSSR count). The Kier molecular flexibility index (Phi) is 7.04. The van der Waals surface area contributed by atoms with Gasteiger partial charge in [0.05, 0.1) is 5.02 Å². The van der Waals surface area contributed by atoms with Crippen molar-refractivity contribution in [2.75, 3.05) is 16.9 Å². The number of hydrazine groups is 1. The minimum absolute atomic E-state index is 0.0245. The predicted molar refractivity (Wildman–Crippen MR) is 84.5 cm³/mol. The Balaban J connectivity index is 2.75. The molecule has 114 valence electrons. The molecule has 0 saturated heterocycles. The van der Waals surface area contributed by atoms with Gasteiger partial charge in [0.1, 0.15) is 4.90 Å². The highest BCUT2D eigenvalue weighted by Gasteiger charge is 2.19. The second kappa shape index (κ2) is 8.04. The number of halogens is 1. The number of nitrogen functional groups attached to an aromatic ring is 1. The van der Waals surface area contributed by atoms with Crippen LogP contribution in [-0.4, -0.2) is 30.9 Å². The fourth-order valence-corrected chi connectivity index (χ4v) is 3.81. The Bertz CT molecular complexity index is 539. The van der Waals surface area contributed by atoms with Crippen LogP contribution in [0.15, 0.2) is 17.2 Å². The summed E-state index contributed by atoms with van der Waals surface area (Å²) in [5.74, 6) is 7.36. The van der Waals surface area contributed by atoms with Crippen LogP contribution in [0.1, 0.15) is 20.3 Å². The third-order valence-corrected chi connectivity index (χ3v) is 5.30. The monoisotopic (exact) mass is 338 g/mol. The van der Waals surface area contributed by atoms with Crippen molar-refractivity contribution in [2.45, 2.75) is 31.2 Å². The lowest BCUT2D eigenvalue weighted by Crippen LogP contribution is -2.33. The molecule has 0 aliphatic carbocycles. The van der Waals surface area contributed by atoms with Crippen LogP contribution >= 0.6 is 23.4 Å². The fraction of sp³-hybridized carbons (Fsp3) is 0.545. The number of nitrogens with one attached hydrogen (secondary N) is 2. The van der Waals surface area contributed by atoms with E-state index in [1.165, 1.54) is 12.3 Å². The van der Waals surface area contributed by atoms with Gasteiger partial charge in [-0.15, -0.1) is 0 Å². The molecule has 0 bridgehead atoms. The smallest absolute Gasteiger partial charge is 0.242 e. The second-order valence-corrected chi connectivity index (χ2v) is 7.67. The van der Waals surface area contributed by atoms with Gasteiger partial charge in [-0.3, -0.25) is 0 Å². The number of thioether (sulfide) groups is 1. The van der Waals surface area contributed by atoms with Crippen LogP contribution in [0.4, 0.5) is 5.82 Å². The third-order valence-electron chi connectivity index (χ3n) is 2.52. The van der Waals surface area contributed by atoms with Crippen molar-refractivity contribution in [2.24, 2.45) is 5.84 Å². The van der Waals surface area contributed by atoms with Gasteiger partial charge in [-0.1, -0.05) is 18.5 Å². The summed E-state index contributed by atoms with van der Waals surface area (Å²) in [6.45, 7) is 3.90. The van der Waals surface area contributed by atoms with Gasteiger partial charge in [-0.25, -0.2) is 24.0 Å². The number of rotatable bonds is 8. The van der Waals surface area contributed by atoms with Gasteiger partial charge in [-0.05, 0) is 30.9 Å². The van der Waals surface area contributed by atoms with Crippen molar-refractivity contribution >= 4 is 39.2 Å². The van der Waals surface area contributed by atoms with E-state index >= 15 is 0 Å². The second-order valence-electron chi connectivity index (χ2n) is 4.15. The number of hydrogen-bond acceptors (Lipinski definition) is 6. The maximum Gasteiger partial charge on any atom is 0.242 e. The van der Waals surface area contributed by atoms with Crippen LogP contribution < -0.4 is 16.0 Å². The largest absolute Gasteiger partial charge is 0.307 e. The van der Waals surface area contributed by atoms with Crippen LogP contribution in [-0.2, 0) is 10.0 Å². The van der Waals surface area contributed by atoms with Gasteiger partial charge in [-0.2, -0.15) is 11.8 Å². The molecule has 0 saturated carbocycles. The zero-order valence-corrected chi connectivity index (χ0v) is 13.8. The standard InChI is InChI=1S/C11H19ClN4O2S2/c1-3-19-5-4-8(2)16-20(17,18)9-6-10(12)11(15-13)14-7-9/h6-8,16H,3-5,13H2,1-2H3,(H,14,15). The highest BCUT2D eigenvalue weighted by Crippen LogP contribution is 2.21. The van der Waals surface area contributed by atoms with Gasteiger partial charge in [0, 0.05) is 12.2 Å². The van der Waals surface area contributed by atoms with Crippen molar-refractivity contribution < 1.29 is 8.42 Å². The van der Waals surface area contributed by atoms with E-state index in [2.05, 4.69) is 22.1 Å². The third kappa shape index (κ3) is 5.10. The number of anilines is 1. The molecule has 0 aromatic carbocycles. The highest BCUT2D eigenvalue weighted by atomic mass is 35.5. The van der Waals surface area contributed by atoms with Gasteiger partial charge < -0.3 is 5.43 Å². The number of nitrogens with zero attached hydrogens (tertiary/aromatic N) is 1.